The summed E-state index contributed by atoms with van der Waals surface area (Å²) in [6.45, 7) is 37.0. The number of nitrogens with one attached hydrogen (secondary N) is 2. The zero-order valence-corrected chi connectivity index (χ0v) is 56.6. The molecule has 0 aliphatic carbocycles. The van der Waals surface area contributed by atoms with E-state index >= 15 is 0 Å². The van der Waals surface area contributed by atoms with E-state index in [1.807, 2.05) is 18.7 Å². The molecule has 508 valence electrons. The molecule has 25 heteroatoms. The summed E-state index contributed by atoms with van der Waals surface area (Å²) in [6.07, 6.45) is 5.77. The van der Waals surface area contributed by atoms with E-state index in [1.165, 1.54) is 0 Å². The van der Waals surface area contributed by atoms with Crippen molar-refractivity contribution >= 4 is 71.5 Å². The molecule has 0 aromatic rings. The standard InChI is InChI=1S/C33H63N3O8.C28H48N2O8.2CO2/c1-29(2,3)22-36(23-30(4,5)6)24(28(40)41)18-34(19-25(37)42-31(7,8)9)16-17-35(20-26(38)43-32(10,11)12)21-27(39)44-33(13,14)15;1-5-19(3)24(32)18-21(13-15-25(33)34)28(38)29-17-11-9-7-8-10-12-23(31)22(14-16-26(35)36)30-27(37)20(4)6-2;2*2-1-3/h24H,16-23H2,1-15H3,(H,40,41);19-22H,5-18H2,1-4H3,(H,29,38)(H,30,37)(H,33,34)(H,35,36);;/t24-;19-,20-,21+,22-;;/m10../s1. The van der Waals surface area contributed by atoms with Crippen molar-refractivity contribution in [3.63, 3.8) is 0 Å². The van der Waals surface area contributed by atoms with Crippen molar-refractivity contribution in [1.82, 2.24) is 25.3 Å². The van der Waals surface area contributed by atoms with E-state index in [2.05, 4.69) is 52.2 Å². The first kappa shape index (κ1) is 88.2. The van der Waals surface area contributed by atoms with Crippen molar-refractivity contribution < 1.29 is 96.7 Å². The minimum Gasteiger partial charge on any atom is -0.481 e. The number of esters is 3. The number of ether oxygens (including phenoxy) is 3. The lowest BCUT2D eigenvalue weighted by Crippen LogP contribution is -2.55. The molecule has 25 nitrogen and oxygen atoms in total. The van der Waals surface area contributed by atoms with Crippen LogP contribution in [0.3, 0.4) is 0 Å². The van der Waals surface area contributed by atoms with Crippen molar-refractivity contribution in [2.24, 2.45) is 28.6 Å². The first-order chi connectivity index (χ1) is 40.2. The fraction of sp³-hybridized carbons (Fsp3) is 0.810. The minimum atomic E-state index is -1.01. The van der Waals surface area contributed by atoms with Crippen LogP contribution in [-0.2, 0) is 81.3 Å². The topological polar surface area (TPSA) is 361 Å². The van der Waals surface area contributed by atoms with E-state index in [9.17, 15) is 53.1 Å². The average Bonchev–Trinajstić information content (AvgIpc) is 3.22. The molecule has 0 radical (unpaired) electrons. The first-order valence-corrected chi connectivity index (χ1v) is 30.3. The van der Waals surface area contributed by atoms with E-state index in [0.717, 1.165) is 25.7 Å². The van der Waals surface area contributed by atoms with Gasteiger partial charge in [0, 0.05) is 82.7 Å². The van der Waals surface area contributed by atoms with Gasteiger partial charge in [-0.25, -0.2) is 0 Å². The Morgan fingerprint density at radius 1 is 0.500 bits per heavy atom. The minimum absolute atomic E-state index is 0.0303. The Hall–Kier alpha value is -6.26. The van der Waals surface area contributed by atoms with Gasteiger partial charge < -0.3 is 40.2 Å². The zero-order valence-electron chi connectivity index (χ0n) is 56.6. The number of ketones is 2. The van der Waals surface area contributed by atoms with Gasteiger partial charge in [-0.05, 0) is 112 Å². The van der Waals surface area contributed by atoms with Crippen LogP contribution in [0.15, 0.2) is 0 Å². The number of Topliss-reactive ketones (excluding diaryl/α,β-unsaturated/α-hetero) is 2. The van der Waals surface area contributed by atoms with Crippen molar-refractivity contribution in [3.05, 3.63) is 0 Å². The van der Waals surface area contributed by atoms with Crippen molar-refractivity contribution in [2.75, 3.05) is 58.9 Å². The van der Waals surface area contributed by atoms with Crippen LogP contribution in [0.1, 0.15) is 215 Å². The third-order valence-electron chi connectivity index (χ3n) is 12.6. The number of hydrogen-bond acceptors (Lipinski definition) is 20. The van der Waals surface area contributed by atoms with E-state index < -0.39 is 70.6 Å². The molecule has 0 unspecified atom stereocenters. The largest absolute Gasteiger partial charge is 0.481 e. The Morgan fingerprint density at radius 2 is 0.886 bits per heavy atom. The Labute approximate surface area is 523 Å². The highest BCUT2D eigenvalue weighted by Gasteiger charge is 2.35. The molecular weight excluding hydrogens is 1150 g/mol. The second-order valence-corrected chi connectivity index (χ2v) is 27.4. The van der Waals surface area contributed by atoms with Crippen LogP contribution < -0.4 is 10.6 Å². The van der Waals surface area contributed by atoms with Gasteiger partial charge in [0.25, 0.3) is 0 Å². The van der Waals surface area contributed by atoms with Gasteiger partial charge in [-0.15, -0.1) is 0 Å². The van der Waals surface area contributed by atoms with Crippen LogP contribution in [0.4, 0.5) is 0 Å². The summed E-state index contributed by atoms with van der Waals surface area (Å²) < 4.78 is 16.6. The number of aliphatic carboxylic acids is 3. The van der Waals surface area contributed by atoms with Gasteiger partial charge in [0.05, 0.1) is 25.7 Å². The van der Waals surface area contributed by atoms with Crippen LogP contribution in [0, 0.1) is 28.6 Å². The highest BCUT2D eigenvalue weighted by molar-refractivity contribution is 5.90. The number of amides is 2. The average molecular weight is 1260 g/mol. The Balaban J connectivity index is -0.000000741. The summed E-state index contributed by atoms with van der Waals surface area (Å²) in [6, 6.07) is -1.70. The highest BCUT2D eigenvalue weighted by Crippen LogP contribution is 2.24. The Kier molecular flexibility index (Phi) is 45.1. The molecule has 0 fully saturated rings. The monoisotopic (exact) mass is 1260 g/mol. The lowest BCUT2D eigenvalue weighted by Gasteiger charge is -2.40. The second-order valence-electron chi connectivity index (χ2n) is 27.4. The third kappa shape index (κ3) is 52.8. The number of carbonyl (C=O) groups excluding carboxylic acids is 11. The summed E-state index contributed by atoms with van der Waals surface area (Å²) in [7, 11) is 0. The molecular formula is C63H111N5O20. The maximum atomic E-state index is 13.0. The number of hydrogen-bond donors (Lipinski definition) is 5. The van der Waals surface area contributed by atoms with E-state index in [4.69, 9.17) is 43.6 Å². The van der Waals surface area contributed by atoms with Crippen LogP contribution in [0.2, 0.25) is 0 Å². The fourth-order valence-electron chi connectivity index (χ4n) is 8.35. The fourth-order valence-corrected chi connectivity index (χ4v) is 8.35. The number of unbranched alkanes of at least 4 members (excludes halogenated alkanes) is 4. The van der Waals surface area contributed by atoms with Gasteiger partial charge in [-0.2, -0.15) is 19.2 Å². The normalized spacial score (nSPS) is 13.3. The molecule has 88 heavy (non-hydrogen) atoms. The van der Waals surface area contributed by atoms with Gasteiger partial charge in [0.2, 0.25) is 11.8 Å². The molecule has 0 aliphatic rings. The maximum Gasteiger partial charge on any atom is 0.373 e. The van der Waals surface area contributed by atoms with Gasteiger partial charge in [0.15, 0.2) is 5.78 Å². The molecule has 0 aromatic heterocycles. The molecule has 0 aromatic carbocycles. The number of carbonyl (C=O) groups is 10. The summed E-state index contributed by atoms with van der Waals surface area (Å²) >= 11 is 0. The van der Waals surface area contributed by atoms with Gasteiger partial charge in [-0.3, -0.25) is 62.6 Å². The molecule has 0 saturated carbocycles. The van der Waals surface area contributed by atoms with E-state index in [1.54, 1.807) is 86.0 Å². The molecule has 0 rings (SSSR count). The number of rotatable bonds is 38. The lowest BCUT2D eigenvalue weighted by atomic mass is 9.90. The number of carboxylic acid groups (broad SMARTS) is 3. The quantitative estimate of drug-likeness (QED) is 0.0232. The number of carboxylic acids is 3. The SMILES string of the molecule is CC(C)(C)CN(CC(C)(C)C)[C@H](CN(CCN(CC(=O)OC(C)(C)C)CC(=O)OC(C)(C)C)CC(=O)OC(C)(C)C)C(=O)O.CC[C@H](C)C(=O)C[C@@H](CCC(=O)O)C(=O)NCCCCCCCC(=O)[C@H](CCC(=O)O)NC(=O)[C@@H](C)CC.O=C=O.O=C=O. The second kappa shape index (κ2) is 45.1. The maximum absolute atomic E-state index is 13.0. The van der Waals surface area contributed by atoms with Gasteiger partial charge >= 0.3 is 48.1 Å². The molecule has 5 N–H and O–H groups in total. The van der Waals surface area contributed by atoms with Crippen LogP contribution in [0.25, 0.3) is 0 Å². The Morgan fingerprint density at radius 3 is 1.27 bits per heavy atom. The van der Waals surface area contributed by atoms with Crippen molar-refractivity contribution in [1.29, 1.82) is 0 Å². The van der Waals surface area contributed by atoms with Gasteiger partial charge in [-0.1, -0.05) is 88.5 Å². The summed E-state index contributed by atoms with van der Waals surface area (Å²) in [4.78, 5) is 160. The summed E-state index contributed by atoms with van der Waals surface area (Å²) in [5.41, 5.74) is -2.50. The zero-order chi connectivity index (χ0) is 69.4. The molecule has 5 atom stereocenters. The van der Waals surface area contributed by atoms with E-state index in [0.29, 0.717) is 38.9 Å². The van der Waals surface area contributed by atoms with Crippen LogP contribution in [-0.4, -0.2) is 189 Å². The predicted molar refractivity (Wildman–Crippen MR) is 326 cm³/mol. The van der Waals surface area contributed by atoms with Gasteiger partial charge in [0.1, 0.15) is 28.6 Å². The molecule has 0 heterocycles. The third-order valence-corrected chi connectivity index (χ3v) is 12.6. The van der Waals surface area contributed by atoms with Crippen molar-refractivity contribution in [2.45, 2.75) is 244 Å². The van der Waals surface area contributed by atoms with Crippen LogP contribution >= 0.6 is 0 Å². The lowest BCUT2D eigenvalue weighted by molar-refractivity contribution is -0.193. The molecule has 0 bridgehead atoms. The molecule has 0 saturated heterocycles. The van der Waals surface area contributed by atoms with Crippen LogP contribution in [0.5, 0.6) is 0 Å². The molecule has 2 amide bonds. The van der Waals surface area contributed by atoms with Crippen molar-refractivity contribution in [3.8, 4) is 0 Å². The summed E-state index contributed by atoms with van der Waals surface area (Å²) in [5.74, 6) is -6.29. The predicted octanol–water partition coefficient (Wildman–Crippen LogP) is 7.19. The first-order valence-electron chi connectivity index (χ1n) is 30.3. The Bertz CT molecular complexity index is 2090. The summed E-state index contributed by atoms with van der Waals surface area (Å²) in [5, 5.41) is 33.8. The molecule has 0 aliphatic heterocycles. The molecule has 0 spiro atoms. The number of nitrogens with zero attached hydrogens (tertiary/aromatic N) is 3. The van der Waals surface area contributed by atoms with E-state index in [-0.39, 0.29) is 136 Å². The smallest absolute Gasteiger partial charge is 0.373 e. The highest BCUT2D eigenvalue weighted by atomic mass is 16.6.